The van der Waals surface area contributed by atoms with Crippen LogP contribution in [0.4, 0.5) is 4.79 Å². The van der Waals surface area contributed by atoms with Crippen LogP contribution in [-0.2, 0) is 51.0 Å². The van der Waals surface area contributed by atoms with Crippen molar-refractivity contribution in [1.29, 1.82) is 0 Å². The van der Waals surface area contributed by atoms with Crippen LogP contribution in [0.3, 0.4) is 0 Å². The largest absolute Gasteiger partial charge is 0.481 e. The van der Waals surface area contributed by atoms with Crippen molar-refractivity contribution in [2.45, 2.75) is 133 Å². The third-order valence-corrected chi connectivity index (χ3v) is 15.5. The summed E-state index contributed by atoms with van der Waals surface area (Å²) in [5.41, 5.74) is 8.84. The van der Waals surface area contributed by atoms with Crippen molar-refractivity contribution in [1.82, 2.24) is 21.3 Å². The van der Waals surface area contributed by atoms with Gasteiger partial charge in [-0.05, 0) is 109 Å². The lowest BCUT2D eigenvalue weighted by molar-refractivity contribution is -0.157. The highest BCUT2D eigenvalue weighted by atomic mass is 28.3. The van der Waals surface area contributed by atoms with E-state index in [1.165, 1.54) is 12.1 Å². The van der Waals surface area contributed by atoms with Gasteiger partial charge in [0, 0.05) is 27.0 Å². The molecule has 1 saturated carbocycles. The van der Waals surface area contributed by atoms with E-state index >= 15 is 0 Å². The number of amides is 5. The van der Waals surface area contributed by atoms with Gasteiger partial charge in [0.25, 0.3) is 0 Å². The first-order valence-corrected chi connectivity index (χ1v) is 30.3. The van der Waals surface area contributed by atoms with Crippen molar-refractivity contribution in [3.05, 3.63) is 137 Å². The Hall–Kier alpha value is -7.53. The molecular weight excluding hydrogens is 995 g/mol. The minimum atomic E-state index is -1.62. The van der Waals surface area contributed by atoms with Gasteiger partial charge in [-0.3, -0.25) is 19.2 Å². The van der Waals surface area contributed by atoms with Crippen molar-refractivity contribution in [3.63, 3.8) is 0 Å². The second kappa shape index (κ2) is 25.5. The van der Waals surface area contributed by atoms with E-state index in [2.05, 4.69) is 47.0 Å². The fraction of sp³-hybridized carbons (Fsp3) is 0.417. The second-order valence-corrected chi connectivity index (χ2v) is 27.9. The molecule has 5 aromatic carbocycles. The third-order valence-electron chi connectivity index (χ3n) is 13.8. The summed E-state index contributed by atoms with van der Waals surface area (Å²) in [5, 5.41) is 13.6. The number of primary amides is 1. The Labute approximate surface area is 451 Å². The molecule has 2 atom stereocenters. The van der Waals surface area contributed by atoms with E-state index in [0.29, 0.717) is 37.3 Å². The molecule has 0 aromatic heterocycles. The molecule has 2 aliphatic rings. The first-order chi connectivity index (χ1) is 36.7. The Morgan fingerprint density at radius 1 is 0.753 bits per heavy atom. The maximum Gasteiger partial charge on any atom is 0.407 e. The maximum atomic E-state index is 15.0. The Morgan fingerprint density at radius 2 is 1.42 bits per heavy atom. The highest BCUT2D eigenvalue weighted by Crippen LogP contribution is 2.44. The number of benzene rings is 5. The van der Waals surface area contributed by atoms with Gasteiger partial charge in [-0.2, -0.15) is 0 Å². The molecule has 7 rings (SSSR count). The van der Waals surface area contributed by atoms with Gasteiger partial charge in [0.2, 0.25) is 23.6 Å². The van der Waals surface area contributed by atoms with Crippen molar-refractivity contribution in [3.8, 4) is 16.9 Å². The maximum absolute atomic E-state index is 15.0. The molecule has 5 amide bonds. The predicted molar refractivity (Wildman–Crippen MR) is 297 cm³/mol. The van der Waals surface area contributed by atoms with Crippen LogP contribution in [0.2, 0.25) is 25.7 Å². The van der Waals surface area contributed by atoms with Crippen molar-refractivity contribution >= 4 is 60.5 Å². The van der Waals surface area contributed by atoms with Crippen LogP contribution in [0.5, 0.6) is 5.75 Å². The van der Waals surface area contributed by atoms with Crippen LogP contribution < -0.4 is 31.7 Å². The van der Waals surface area contributed by atoms with Gasteiger partial charge < -0.3 is 45.9 Å². The quantitative estimate of drug-likeness (QED) is 0.0180. The van der Waals surface area contributed by atoms with Gasteiger partial charge in [0.05, 0.1) is 13.0 Å². The standard InChI is InChI=1S/C60H73N5O11Si/c1-59(2,3)76-53(67)38-74-51-28-27-39(34-47(51)56(70)73-32-33-77(4,5)6)35-49(64-58(72)75-37-48-45-25-12-10-23-43(45)44-24-11-13-26-46(44)48)55(69)65-60(29-14-7-15-30-60)57(71)63-50(36-52(61)66)54(68)62-31-17-21-41-20-16-19-40-18-8-9-22-42(40)41/h8-13,16,18-20,22-28,34,48-50H,7,14-15,17,21,29-33,35-38H2,1-6H3,(H2,61,66)(H,62,68)(H,63,71)(H,64,72)(H,65,69)/t49-,50-/m0/s1. The number of aryl methyl sites for hydroxylation is 1. The molecule has 0 aliphatic heterocycles. The average molecular weight is 1070 g/mol. The van der Waals surface area contributed by atoms with E-state index in [1.54, 1.807) is 26.8 Å². The van der Waals surface area contributed by atoms with Gasteiger partial charge in [0.1, 0.15) is 41.1 Å². The second-order valence-electron chi connectivity index (χ2n) is 22.2. The molecule has 0 spiro atoms. The molecule has 0 bridgehead atoms. The van der Waals surface area contributed by atoms with Gasteiger partial charge in [-0.1, -0.05) is 136 Å². The highest BCUT2D eigenvalue weighted by molar-refractivity contribution is 6.76. The normalized spacial score (nSPS) is 14.7. The molecular formula is C60H73N5O11Si. The zero-order valence-corrected chi connectivity index (χ0v) is 46.1. The number of ether oxygens (including phenoxy) is 4. The number of esters is 2. The number of carbonyl (C=O) groups is 7. The summed E-state index contributed by atoms with van der Waals surface area (Å²) in [6.07, 6.45) is 1.90. The summed E-state index contributed by atoms with van der Waals surface area (Å²) in [4.78, 5) is 96.4. The molecule has 2 aliphatic carbocycles. The lowest BCUT2D eigenvalue weighted by Gasteiger charge is -2.38. The molecule has 1 fully saturated rings. The molecule has 6 N–H and O–H groups in total. The Kier molecular flexibility index (Phi) is 19.0. The van der Waals surface area contributed by atoms with Crippen LogP contribution in [0.25, 0.3) is 21.9 Å². The number of nitrogens with two attached hydrogens (primary N) is 1. The van der Waals surface area contributed by atoms with Gasteiger partial charge in [-0.25, -0.2) is 14.4 Å². The summed E-state index contributed by atoms with van der Waals surface area (Å²) in [6.45, 7) is 11.5. The summed E-state index contributed by atoms with van der Waals surface area (Å²) >= 11 is 0. The van der Waals surface area contributed by atoms with Gasteiger partial charge in [0.15, 0.2) is 6.61 Å². The fourth-order valence-electron chi connectivity index (χ4n) is 9.97. The number of rotatable bonds is 23. The third kappa shape index (κ3) is 15.8. The van der Waals surface area contributed by atoms with Crippen LogP contribution in [-0.4, -0.2) is 99.3 Å². The number of carbonyl (C=O) groups excluding carboxylic acids is 7. The van der Waals surface area contributed by atoms with Crippen LogP contribution in [0, 0.1) is 0 Å². The van der Waals surface area contributed by atoms with Crippen LogP contribution in [0.1, 0.15) is 104 Å². The van der Waals surface area contributed by atoms with E-state index in [-0.39, 0.29) is 56.3 Å². The number of alkyl carbamates (subject to hydrolysis) is 1. The molecule has 0 saturated heterocycles. The number of nitrogens with one attached hydrogen (secondary N) is 4. The Bertz CT molecular complexity index is 2910. The van der Waals surface area contributed by atoms with Gasteiger partial charge in [-0.15, -0.1) is 0 Å². The molecule has 5 aromatic rings. The first-order valence-electron chi connectivity index (χ1n) is 26.6. The van der Waals surface area contributed by atoms with Crippen LogP contribution >= 0.6 is 0 Å². The monoisotopic (exact) mass is 1070 g/mol. The predicted octanol–water partition coefficient (Wildman–Crippen LogP) is 8.43. The first kappa shape index (κ1) is 57.2. The summed E-state index contributed by atoms with van der Waals surface area (Å²) in [7, 11) is -1.62. The van der Waals surface area contributed by atoms with E-state index in [0.717, 1.165) is 45.0 Å². The Morgan fingerprint density at radius 3 is 2.09 bits per heavy atom. The topological polar surface area (TPSA) is 231 Å². The van der Waals surface area contributed by atoms with Crippen LogP contribution in [0.15, 0.2) is 109 Å². The highest BCUT2D eigenvalue weighted by Gasteiger charge is 2.44. The van der Waals surface area contributed by atoms with E-state index in [9.17, 15) is 33.6 Å². The molecule has 408 valence electrons. The Balaban J connectivity index is 1.12. The summed E-state index contributed by atoms with van der Waals surface area (Å²) < 4.78 is 22.9. The van der Waals surface area contributed by atoms with Crippen molar-refractivity contribution in [2.24, 2.45) is 5.73 Å². The summed E-state index contributed by atoms with van der Waals surface area (Å²) in [6, 6.07) is 32.4. The molecule has 16 nitrogen and oxygen atoms in total. The lowest BCUT2D eigenvalue weighted by Crippen LogP contribution is -2.65. The van der Waals surface area contributed by atoms with Gasteiger partial charge >= 0.3 is 18.0 Å². The van der Waals surface area contributed by atoms with Crippen molar-refractivity contribution < 1.29 is 52.5 Å². The SMILES string of the molecule is CC(C)(C)OC(=O)COc1ccc(C[C@H](NC(=O)OCC2c3ccccc3-c3ccccc32)C(=O)NC2(C(=O)N[C@@H](CC(N)=O)C(=O)NCCCc3cccc4ccccc34)CCCCC2)cc1C(=O)OCC[Si](C)(C)C. The number of hydrogen-bond acceptors (Lipinski definition) is 11. The van der Waals surface area contributed by atoms with E-state index in [4.69, 9.17) is 24.7 Å². The number of hydrogen-bond donors (Lipinski definition) is 5. The summed E-state index contributed by atoms with van der Waals surface area (Å²) in [5.74, 6) is -4.45. The minimum Gasteiger partial charge on any atom is -0.481 e. The molecule has 0 heterocycles. The molecule has 0 unspecified atom stereocenters. The minimum absolute atomic E-state index is 0.0163. The molecule has 17 heteroatoms. The molecule has 77 heavy (non-hydrogen) atoms. The zero-order chi connectivity index (χ0) is 55.3. The lowest BCUT2D eigenvalue weighted by atomic mass is 9.80. The number of fused-ring (bicyclic) bond motifs is 4. The average Bonchev–Trinajstić information content (AvgIpc) is 3.81. The van der Waals surface area contributed by atoms with E-state index < -0.39 is 86.0 Å². The zero-order valence-electron chi connectivity index (χ0n) is 45.1. The molecule has 0 radical (unpaired) electrons. The fourth-order valence-corrected chi connectivity index (χ4v) is 10.7. The van der Waals surface area contributed by atoms with E-state index in [1.807, 2.05) is 84.9 Å². The smallest absolute Gasteiger partial charge is 0.407 e. The van der Waals surface area contributed by atoms with Crippen molar-refractivity contribution in [2.75, 3.05) is 26.4 Å².